The second-order valence-electron chi connectivity index (χ2n) is 3.19. The molecular formula is C8H14N2O3. The van der Waals surface area contributed by atoms with Crippen LogP contribution < -0.4 is 5.32 Å². The van der Waals surface area contributed by atoms with Gasteiger partial charge >= 0.3 is 11.8 Å². The number of aliphatic hydroxyl groups is 1. The number of rotatable bonds is 3. The molecule has 1 saturated heterocycles. The Labute approximate surface area is 76.7 Å². The van der Waals surface area contributed by atoms with Crippen molar-refractivity contribution in [1.29, 1.82) is 0 Å². The smallest absolute Gasteiger partial charge is 0.311 e. The molecule has 2 amide bonds. The number of carbonyl (C=O) groups excluding carboxylic acids is 2. The second kappa shape index (κ2) is 4.23. The van der Waals surface area contributed by atoms with Crippen molar-refractivity contribution in [2.75, 3.05) is 19.6 Å². The van der Waals surface area contributed by atoms with E-state index in [0.29, 0.717) is 26.1 Å². The molecule has 0 aliphatic carbocycles. The van der Waals surface area contributed by atoms with E-state index in [1.165, 1.54) is 4.90 Å². The summed E-state index contributed by atoms with van der Waals surface area (Å²) in [5.74, 6) is -1.04. The Balaban J connectivity index is 2.40. The second-order valence-corrected chi connectivity index (χ2v) is 3.19. The maximum absolute atomic E-state index is 11.2. The van der Waals surface area contributed by atoms with Crippen molar-refractivity contribution in [3.63, 3.8) is 0 Å². The van der Waals surface area contributed by atoms with Gasteiger partial charge in [0.05, 0.1) is 6.10 Å². The summed E-state index contributed by atoms with van der Waals surface area (Å²) in [4.78, 5) is 23.5. The van der Waals surface area contributed by atoms with Crippen LogP contribution in [0, 0.1) is 0 Å². The van der Waals surface area contributed by atoms with Crippen molar-refractivity contribution in [1.82, 2.24) is 10.2 Å². The van der Waals surface area contributed by atoms with Gasteiger partial charge in [0.2, 0.25) is 0 Å². The number of nitrogens with one attached hydrogen (secondary N) is 1. The minimum absolute atomic E-state index is 0.433. The fourth-order valence-electron chi connectivity index (χ4n) is 1.18. The van der Waals surface area contributed by atoms with Gasteiger partial charge in [-0.3, -0.25) is 9.59 Å². The Hall–Kier alpha value is -1.10. The highest BCUT2D eigenvalue weighted by Gasteiger charge is 2.25. The molecule has 1 fully saturated rings. The highest BCUT2D eigenvalue weighted by Crippen LogP contribution is 1.99. The van der Waals surface area contributed by atoms with E-state index in [1.54, 1.807) is 6.92 Å². The lowest BCUT2D eigenvalue weighted by atomic mass is 10.2. The molecule has 1 aliphatic heterocycles. The van der Waals surface area contributed by atoms with Crippen LogP contribution in [-0.2, 0) is 9.59 Å². The minimum Gasteiger partial charge on any atom is -0.393 e. The first-order valence-corrected chi connectivity index (χ1v) is 4.36. The third kappa shape index (κ3) is 2.69. The molecule has 0 spiro atoms. The molecule has 13 heavy (non-hydrogen) atoms. The van der Waals surface area contributed by atoms with Gasteiger partial charge in [0.15, 0.2) is 0 Å². The van der Waals surface area contributed by atoms with Gasteiger partial charge in [0, 0.05) is 19.6 Å². The highest BCUT2D eigenvalue weighted by molar-refractivity contribution is 6.35. The van der Waals surface area contributed by atoms with E-state index in [0.717, 1.165) is 0 Å². The molecule has 0 bridgehead atoms. The maximum atomic E-state index is 11.2. The van der Waals surface area contributed by atoms with Crippen molar-refractivity contribution in [3.05, 3.63) is 0 Å². The van der Waals surface area contributed by atoms with E-state index in [9.17, 15) is 9.59 Å². The van der Waals surface area contributed by atoms with Crippen molar-refractivity contribution in [3.8, 4) is 0 Å². The fourth-order valence-corrected chi connectivity index (χ4v) is 1.18. The number of piperazine rings is 1. The van der Waals surface area contributed by atoms with Gasteiger partial charge in [0.25, 0.3) is 0 Å². The molecule has 5 heteroatoms. The van der Waals surface area contributed by atoms with Crippen LogP contribution in [0.3, 0.4) is 0 Å². The lowest BCUT2D eigenvalue weighted by molar-refractivity contribution is -0.148. The third-order valence-electron chi connectivity index (χ3n) is 1.97. The summed E-state index contributed by atoms with van der Waals surface area (Å²) in [6, 6.07) is 0. The van der Waals surface area contributed by atoms with Gasteiger partial charge in [-0.2, -0.15) is 0 Å². The van der Waals surface area contributed by atoms with Crippen molar-refractivity contribution in [2.24, 2.45) is 0 Å². The number of carbonyl (C=O) groups is 2. The lowest BCUT2D eigenvalue weighted by Gasteiger charge is -2.26. The molecule has 1 heterocycles. The molecule has 0 aromatic rings. The van der Waals surface area contributed by atoms with E-state index in [1.807, 2.05) is 0 Å². The Kier molecular flexibility index (Phi) is 3.25. The van der Waals surface area contributed by atoms with Gasteiger partial charge in [-0.05, 0) is 13.3 Å². The molecule has 0 aromatic carbocycles. The standard InChI is InChI=1S/C8H14N2O3/c1-6(11)2-4-10-5-3-9-7(12)8(10)13/h6,11H,2-5H2,1H3,(H,9,12). The number of hydrogen-bond donors (Lipinski definition) is 2. The number of aliphatic hydroxyl groups excluding tert-OH is 1. The third-order valence-corrected chi connectivity index (χ3v) is 1.97. The molecule has 0 saturated carbocycles. The summed E-state index contributed by atoms with van der Waals surface area (Å²) >= 11 is 0. The monoisotopic (exact) mass is 186 g/mol. The van der Waals surface area contributed by atoms with Gasteiger partial charge in [-0.15, -0.1) is 0 Å². The summed E-state index contributed by atoms with van der Waals surface area (Å²) in [6.07, 6.45) is 0.0803. The molecule has 1 atom stereocenters. The van der Waals surface area contributed by atoms with Crippen molar-refractivity contribution in [2.45, 2.75) is 19.4 Å². The summed E-state index contributed by atoms with van der Waals surface area (Å²) in [7, 11) is 0. The summed E-state index contributed by atoms with van der Waals surface area (Å²) in [6.45, 7) is 3.15. The minimum atomic E-state index is -0.545. The molecule has 5 nitrogen and oxygen atoms in total. The first kappa shape index (κ1) is 9.98. The first-order chi connectivity index (χ1) is 6.11. The first-order valence-electron chi connectivity index (χ1n) is 4.36. The number of hydrogen-bond acceptors (Lipinski definition) is 3. The van der Waals surface area contributed by atoms with Crippen LogP contribution in [0.4, 0.5) is 0 Å². The van der Waals surface area contributed by atoms with Crippen LogP contribution in [-0.4, -0.2) is 47.6 Å². The van der Waals surface area contributed by atoms with Crippen molar-refractivity contribution < 1.29 is 14.7 Å². The Morgan fingerprint density at radius 2 is 2.31 bits per heavy atom. The molecule has 0 radical (unpaired) electrons. The Morgan fingerprint density at radius 1 is 1.62 bits per heavy atom. The molecule has 1 aliphatic rings. The van der Waals surface area contributed by atoms with Gasteiger partial charge in [0.1, 0.15) is 0 Å². The number of amides is 2. The van der Waals surface area contributed by atoms with Crippen LogP contribution in [0.5, 0.6) is 0 Å². The fraction of sp³-hybridized carbons (Fsp3) is 0.750. The zero-order valence-corrected chi connectivity index (χ0v) is 7.62. The Bertz CT molecular complexity index is 215. The van der Waals surface area contributed by atoms with E-state index in [2.05, 4.69) is 5.32 Å². The predicted molar refractivity (Wildman–Crippen MR) is 45.9 cm³/mol. The van der Waals surface area contributed by atoms with Gasteiger partial charge in [-0.1, -0.05) is 0 Å². The van der Waals surface area contributed by atoms with Gasteiger partial charge < -0.3 is 15.3 Å². The molecule has 74 valence electrons. The topological polar surface area (TPSA) is 69.6 Å². The molecule has 1 unspecified atom stereocenters. The Morgan fingerprint density at radius 3 is 2.92 bits per heavy atom. The lowest BCUT2D eigenvalue weighted by Crippen LogP contribution is -2.52. The largest absolute Gasteiger partial charge is 0.393 e. The average molecular weight is 186 g/mol. The molecular weight excluding hydrogens is 172 g/mol. The normalized spacial score (nSPS) is 20.0. The molecule has 1 rings (SSSR count). The quantitative estimate of drug-likeness (QED) is 0.539. The highest BCUT2D eigenvalue weighted by atomic mass is 16.3. The van der Waals surface area contributed by atoms with E-state index < -0.39 is 17.9 Å². The van der Waals surface area contributed by atoms with Crippen LogP contribution in [0.1, 0.15) is 13.3 Å². The van der Waals surface area contributed by atoms with Gasteiger partial charge in [-0.25, -0.2) is 0 Å². The van der Waals surface area contributed by atoms with E-state index in [4.69, 9.17) is 5.11 Å². The zero-order chi connectivity index (χ0) is 9.84. The van der Waals surface area contributed by atoms with Crippen LogP contribution in [0.15, 0.2) is 0 Å². The van der Waals surface area contributed by atoms with Crippen LogP contribution in [0.25, 0.3) is 0 Å². The number of nitrogens with zero attached hydrogens (tertiary/aromatic N) is 1. The zero-order valence-electron chi connectivity index (χ0n) is 7.62. The van der Waals surface area contributed by atoms with Crippen molar-refractivity contribution >= 4 is 11.8 Å². The molecule has 0 aromatic heterocycles. The van der Waals surface area contributed by atoms with E-state index >= 15 is 0 Å². The van der Waals surface area contributed by atoms with Crippen LogP contribution in [0.2, 0.25) is 0 Å². The van der Waals surface area contributed by atoms with E-state index in [-0.39, 0.29) is 0 Å². The SMILES string of the molecule is CC(O)CCN1CCNC(=O)C1=O. The summed E-state index contributed by atoms with van der Waals surface area (Å²) in [5.41, 5.74) is 0. The summed E-state index contributed by atoms with van der Waals surface area (Å²) in [5, 5.41) is 11.5. The summed E-state index contributed by atoms with van der Waals surface area (Å²) < 4.78 is 0. The average Bonchev–Trinajstić information content (AvgIpc) is 2.07. The molecule has 2 N–H and O–H groups in total. The maximum Gasteiger partial charge on any atom is 0.311 e. The van der Waals surface area contributed by atoms with Crippen LogP contribution >= 0.6 is 0 Å². The predicted octanol–water partition coefficient (Wildman–Crippen LogP) is -1.28.